The molecular formula is C17H23N3O3. The van der Waals surface area contributed by atoms with E-state index >= 15 is 0 Å². The normalized spacial score (nSPS) is 18.9. The van der Waals surface area contributed by atoms with Crippen LogP contribution >= 0.6 is 0 Å². The summed E-state index contributed by atoms with van der Waals surface area (Å²) in [6, 6.07) is 7.20. The number of amides is 2. The van der Waals surface area contributed by atoms with Crippen molar-refractivity contribution in [2.75, 3.05) is 51.3 Å². The maximum atomic E-state index is 12.4. The zero-order valence-corrected chi connectivity index (χ0v) is 13.3. The number of nitrogens with one attached hydrogen (secondary N) is 1. The quantitative estimate of drug-likeness (QED) is 0.906. The second kappa shape index (κ2) is 7.57. The van der Waals surface area contributed by atoms with Crippen LogP contribution in [0.5, 0.6) is 0 Å². The van der Waals surface area contributed by atoms with E-state index in [0.29, 0.717) is 31.0 Å². The fourth-order valence-electron chi connectivity index (χ4n) is 3.00. The molecule has 2 fully saturated rings. The minimum atomic E-state index is -0.0577. The van der Waals surface area contributed by atoms with Gasteiger partial charge in [-0.15, -0.1) is 0 Å². The van der Waals surface area contributed by atoms with Crippen molar-refractivity contribution in [3.05, 3.63) is 29.8 Å². The van der Waals surface area contributed by atoms with Gasteiger partial charge in [0.1, 0.15) is 0 Å². The van der Waals surface area contributed by atoms with Crippen LogP contribution in [0.25, 0.3) is 0 Å². The van der Waals surface area contributed by atoms with Gasteiger partial charge in [0, 0.05) is 37.4 Å². The monoisotopic (exact) mass is 317 g/mol. The van der Waals surface area contributed by atoms with E-state index < -0.39 is 0 Å². The van der Waals surface area contributed by atoms with Crippen LogP contribution in [0.1, 0.15) is 23.2 Å². The van der Waals surface area contributed by atoms with E-state index in [4.69, 9.17) is 4.74 Å². The average Bonchev–Trinajstić information content (AvgIpc) is 3.09. The molecule has 0 atom stereocenters. The summed E-state index contributed by atoms with van der Waals surface area (Å²) >= 11 is 0. The Morgan fingerprint density at radius 1 is 1.09 bits per heavy atom. The van der Waals surface area contributed by atoms with Gasteiger partial charge in [0.15, 0.2) is 0 Å². The minimum Gasteiger partial charge on any atom is -0.379 e. The molecule has 0 unspecified atom stereocenters. The molecule has 6 heteroatoms. The molecule has 23 heavy (non-hydrogen) atoms. The van der Waals surface area contributed by atoms with Gasteiger partial charge < -0.3 is 15.0 Å². The predicted molar refractivity (Wildman–Crippen MR) is 87.5 cm³/mol. The molecule has 0 aromatic heterocycles. The molecule has 2 aliphatic heterocycles. The Kier molecular flexibility index (Phi) is 5.25. The van der Waals surface area contributed by atoms with Crippen molar-refractivity contribution in [3.8, 4) is 0 Å². The smallest absolute Gasteiger partial charge is 0.253 e. The van der Waals surface area contributed by atoms with Crippen molar-refractivity contribution in [1.29, 1.82) is 0 Å². The molecule has 2 saturated heterocycles. The van der Waals surface area contributed by atoms with E-state index in [9.17, 15) is 9.59 Å². The van der Waals surface area contributed by atoms with E-state index in [2.05, 4.69) is 10.2 Å². The number of anilines is 1. The molecule has 1 aromatic rings. The lowest BCUT2D eigenvalue weighted by Gasteiger charge is -2.25. The maximum Gasteiger partial charge on any atom is 0.253 e. The van der Waals surface area contributed by atoms with E-state index in [1.165, 1.54) is 0 Å². The summed E-state index contributed by atoms with van der Waals surface area (Å²) in [6.45, 7) is 4.91. The minimum absolute atomic E-state index is 0.0479. The van der Waals surface area contributed by atoms with Gasteiger partial charge in [-0.1, -0.05) is 6.07 Å². The Balaban J connectivity index is 1.58. The van der Waals surface area contributed by atoms with Crippen LogP contribution in [0.15, 0.2) is 24.3 Å². The third-order valence-corrected chi connectivity index (χ3v) is 4.26. The van der Waals surface area contributed by atoms with Crippen LogP contribution in [0, 0.1) is 0 Å². The summed E-state index contributed by atoms with van der Waals surface area (Å²) in [7, 11) is 0. The van der Waals surface area contributed by atoms with Crippen molar-refractivity contribution in [1.82, 2.24) is 9.80 Å². The highest BCUT2D eigenvalue weighted by atomic mass is 16.5. The van der Waals surface area contributed by atoms with Crippen molar-refractivity contribution < 1.29 is 14.3 Å². The topological polar surface area (TPSA) is 61.9 Å². The lowest BCUT2D eigenvalue weighted by atomic mass is 10.1. The van der Waals surface area contributed by atoms with Gasteiger partial charge in [-0.3, -0.25) is 14.5 Å². The van der Waals surface area contributed by atoms with E-state index in [-0.39, 0.29) is 11.8 Å². The number of nitrogens with zero attached hydrogens (tertiary/aromatic N) is 2. The SMILES string of the molecule is O=C(CN1CCOCC1)Nc1cccc(C(=O)N2CCCC2)c1. The zero-order valence-electron chi connectivity index (χ0n) is 13.3. The van der Waals surface area contributed by atoms with Crippen molar-refractivity contribution >= 4 is 17.5 Å². The van der Waals surface area contributed by atoms with Crippen molar-refractivity contribution in [2.24, 2.45) is 0 Å². The van der Waals surface area contributed by atoms with Crippen molar-refractivity contribution in [2.45, 2.75) is 12.8 Å². The number of rotatable bonds is 4. The molecule has 0 saturated carbocycles. The first-order valence-corrected chi connectivity index (χ1v) is 8.22. The number of hydrogen-bond acceptors (Lipinski definition) is 4. The molecule has 0 radical (unpaired) electrons. The van der Waals surface area contributed by atoms with Crippen LogP contribution in [-0.4, -0.2) is 67.6 Å². The highest BCUT2D eigenvalue weighted by molar-refractivity contribution is 5.97. The highest BCUT2D eigenvalue weighted by Crippen LogP contribution is 2.16. The fourth-order valence-corrected chi connectivity index (χ4v) is 3.00. The van der Waals surface area contributed by atoms with Gasteiger partial charge in [-0.05, 0) is 31.0 Å². The molecule has 1 N–H and O–H groups in total. The Labute approximate surface area is 136 Å². The average molecular weight is 317 g/mol. The highest BCUT2D eigenvalue weighted by Gasteiger charge is 2.20. The molecule has 0 spiro atoms. The molecule has 124 valence electrons. The molecule has 0 bridgehead atoms. The number of morpholine rings is 1. The van der Waals surface area contributed by atoms with Crippen LogP contribution in [0.4, 0.5) is 5.69 Å². The standard InChI is InChI=1S/C17H23N3O3/c21-16(13-19-8-10-23-11-9-19)18-15-5-3-4-14(12-15)17(22)20-6-1-2-7-20/h3-5,12H,1-2,6-11,13H2,(H,18,21). The Morgan fingerprint density at radius 3 is 2.57 bits per heavy atom. The second-order valence-corrected chi connectivity index (χ2v) is 6.02. The number of carbonyl (C=O) groups is 2. The number of carbonyl (C=O) groups excluding carboxylic acids is 2. The van der Waals surface area contributed by atoms with Gasteiger partial charge in [0.2, 0.25) is 5.91 Å². The number of ether oxygens (including phenoxy) is 1. The molecule has 2 heterocycles. The van der Waals surface area contributed by atoms with E-state index in [1.54, 1.807) is 12.1 Å². The summed E-state index contributed by atoms with van der Waals surface area (Å²) in [5.41, 5.74) is 1.31. The van der Waals surface area contributed by atoms with Gasteiger partial charge >= 0.3 is 0 Å². The Morgan fingerprint density at radius 2 is 1.83 bits per heavy atom. The third-order valence-electron chi connectivity index (χ3n) is 4.26. The molecule has 0 aliphatic carbocycles. The first kappa shape index (κ1) is 16.0. The number of likely N-dealkylation sites (tertiary alicyclic amines) is 1. The molecule has 1 aromatic carbocycles. The van der Waals surface area contributed by atoms with Gasteiger partial charge in [0.25, 0.3) is 5.91 Å². The van der Waals surface area contributed by atoms with Crippen LogP contribution < -0.4 is 5.32 Å². The molecule has 3 rings (SSSR count). The van der Waals surface area contributed by atoms with Crippen molar-refractivity contribution in [3.63, 3.8) is 0 Å². The van der Waals surface area contributed by atoms with Gasteiger partial charge in [0.05, 0.1) is 19.8 Å². The third kappa shape index (κ3) is 4.30. The Bertz CT molecular complexity index is 564. The van der Waals surface area contributed by atoms with Crippen LogP contribution in [0.3, 0.4) is 0 Å². The van der Waals surface area contributed by atoms with Gasteiger partial charge in [-0.2, -0.15) is 0 Å². The maximum absolute atomic E-state index is 12.4. The van der Waals surface area contributed by atoms with E-state index in [0.717, 1.165) is 39.0 Å². The first-order valence-electron chi connectivity index (χ1n) is 8.22. The molecule has 2 amide bonds. The number of hydrogen-bond donors (Lipinski definition) is 1. The summed E-state index contributed by atoms with van der Waals surface area (Å²) in [5, 5.41) is 2.88. The number of benzene rings is 1. The summed E-state index contributed by atoms with van der Waals surface area (Å²) in [5.74, 6) is -0.00977. The van der Waals surface area contributed by atoms with Crippen LogP contribution in [0.2, 0.25) is 0 Å². The molecular weight excluding hydrogens is 294 g/mol. The fraction of sp³-hybridized carbons (Fsp3) is 0.529. The first-order chi connectivity index (χ1) is 11.2. The second-order valence-electron chi connectivity index (χ2n) is 6.02. The summed E-state index contributed by atoms with van der Waals surface area (Å²) < 4.78 is 5.27. The van der Waals surface area contributed by atoms with Gasteiger partial charge in [-0.25, -0.2) is 0 Å². The summed E-state index contributed by atoms with van der Waals surface area (Å²) in [4.78, 5) is 28.5. The zero-order chi connectivity index (χ0) is 16.1. The predicted octanol–water partition coefficient (Wildman–Crippen LogP) is 1.19. The largest absolute Gasteiger partial charge is 0.379 e. The molecule has 6 nitrogen and oxygen atoms in total. The lowest BCUT2D eigenvalue weighted by Crippen LogP contribution is -2.41. The van der Waals surface area contributed by atoms with E-state index in [1.807, 2.05) is 17.0 Å². The lowest BCUT2D eigenvalue weighted by molar-refractivity contribution is -0.118. The summed E-state index contributed by atoms with van der Waals surface area (Å²) in [6.07, 6.45) is 2.14. The molecule has 2 aliphatic rings. The van der Waals surface area contributed by atoms with Crippen LogP contribution in [-0.2, 0) is 9.53 Å². The Hall–Kier alpha value is -1.92.